The number of aryl methyl sites for hydroxylation is 2. The van der Waals surface area contributed by atoms with Gasteiger partial charge in [0.05, 0.1) is 0 Å². The lowest BCUT2D eigenvalue weighted by molar-refractivity contribution is 0.153. The summed E-state index contributed by atoms with van der Waals surface area (Å²) in [5.74, 6) is 0.568. The maximum atomic E-state index is 13.4. The second-order valence-corrected chi connectivity index (χ2v) is 6.69. The number of rotatable bonds is 2. The summed E-state index contributed by atoms with van der Waals surface area (Å²) >= 11 is 1.80. The Bertz CT molecular complexity index is 637. The van der Waals surface area contributed by atoms with Gasteiger partial charge in [0.2, 0.25) is 0 Å². The predicted molar refractivity (Wildman–Crippen MR) is 80.0 cm³/mol. The van der Waals surface area contributed by atoms with E-state index in [-0.39, 0.29) is 18.0 Å². The summed E-state index contributed by atoms with van der Waals surface area (Å²) in [5.41, 5.74) is 2.16. The highest BCUT2D eigenvalue weighted by Crippen LogP contribution is 2.42. The Morgan fingerprint density at radius 1 is 1.25 bits per heavy atom. The Labute approximate surface area is 122 Å². The van der Waals surface area contributed by atoms with Crippen molar-refractivity contribution in [3.05, 3.63) is 51.0 Å². The number of benzene rings is 1. The molecule has 0 aliphatic carbocycles. The molecule has 2 aromatic rings. The Balaban J connectivity index is 1.98. The average molecular weight is 291 g/mol. The first kappa shape index (κ1) is 13.6. The molecule has 2 atom stereocenters. The molecular formula is C16H18FNOS. The van der Waals surface area contributed by atoms with Crippen molar-refractivity contribution in [2.75, 3.05) is 7.05 Å². The Morgan fingerprint density at radius 3 is 2.70 bits per heavy atom. The quantitative estimate of drug-likeness (QED) is 0.891. The maximum Gasteiger partial charge on any atom is 0.127 e. The second kappa shape index (κ2) is 5.19. The fourth-order valence-electron chi connectivity index (χ4n) is 2.88. The lowest BCUT2D eigenvalue weighted by atomic mass is 9.93. The molecule has 2 unspecified atom stereocenters. The van der Waals surface area contributed by atoms with E-state index in [1.165, 1.54) is 21.4 Å². The molecule has 20 heavy (non-hydrogen) atoms. The highest BCUT2D eigenvalue weighted by molar-refractivity contribution is 7.12. The van der Waals surface area contributed by atoms with Crippen molar-refractivity contribution in [1.29, 1.82) is 0 Å². The number of nitrogens with one attached hydrogen (secondary N) is 1. The molecule has 0 spiro atoms. The molecule has 0 saturated carbocycles. The first-order chi connectivity index (χ1) is 9.58. The van der Waals surface area contributed by atoms with E-state index in [4.69, 9.17) is 4.74 Å². The summed E-state index contributed by atoms with van der Waals surface area (Å²) in [6.45, 7) is 4.24. The topological polar surface area (TPSA) is 21.3 Å². The molecule has 0 radical (unpaired) electrons. The van der Waals surface area contributed by atoms with Gasteiger partial charge in [-0.25, -0.2) is 4.39 Å². The fraction of sp³-hybridized carbons (Fsp3) is 0.375. The normalized spacial score (nSPS) is 21.4. The number of hydrogen-bond donors (Lipinski definition) is 1. The van der Waals surface area contributed by atoms with Crippen LogP contribution < -0.4 is 10.1 Å². The molecule has 1 aromatic heterocycles. The number of hydrogen-bond acceptors (Lipinski definition) is 3. The second-order valence-electron chi connectivity index (χ2n) is 5.23. The van der Waals surface area contributed by atoms with Crippen molar-refractivity contribution in [3.8, 4) is 5.75 Å². The van der Waals surface area contributed by atoms with E-state index in [1.807, 2.05) is 7.05 Å². The maximum absolute atomic E-state index is 13.4. The van der Waals surface area contributed by atoms with Crippen LogP contribution in [0.1, 0.15) is 39.4 Å². The third-order valence-corrected chi connectivity index (χ3v) is 4.82. The van der Waals surface area contributed by atoms with Crippen LogP contribution >= 0.6 is 11.3 Å². The Kier molecular flexibility index (Phi) is 3.52. The van der Waals surface area contributed by atoms with Crippen molar-refractivity contribution in [2.24, 2.45) is 0 Å². The summed E-state index contributed by atoms with van der Waals surface area (Å²) in [4.78, 5) is 2.60. The van der Waals surface area contributed by atoms with Crippen molar-refractivity contribution in [2.45, 2.75) is 32.4 Å². The van der Waals surface area contributed by atoms with E-state index in [2.05, 4.69) is 25.2 Å². The van der Waals surface area contributed by atoms with Crippen molar-refractivity contribution in [3.63, 3.8) is 0 Å². The number of ether oxygens (including phenoxy) is 1. The first-order valence-corrected chi connectivity index (χ1v) is 7.60. The number of halogens is 1. The zero-order chi connectivity index (χ0) is 14.3. The predicted octanol–water partition coefficient (Wildman–Crippen LogP) is 4.29. The van der Waals surface area contributed by atoms with Gasteiger partial charge in [0, 0.05) is 33.3 Å². The minimum Gasteiger partial charge on any atom is -0.485 e. The van der Waals surface area contributed by atoms with Gasteiger partial charge in [0.1, 0.15) is 17.7 Å². The molecule has 2 heterocycles. The summed E-state index contributed by atoms with van der Waals surface area (Å²) in [5, 5.41) is 3.27. The van der Waals surface area contributed by atoms with E-state index in [9.17, 15) is 4.39 Å². The smallest absolute Gasteiger partial charge is 0.127 e. The van der Waals surface area contributed by atoms with Gasteiger partial charge in [-0.05, 0) is 45.2 Å². The highest BCUT2D eigenvalue weighted by atomic mass is 32.1. The minimum atomic E-state index is -0.214. The fourth-order valence-corrected chi connectivity index (χ4v) is 3.85. The van der Waals surface area contributed by atoms with Gasteiger partial charge in [-0.3, -0.25) is 0 Å². The largest absolute Gasteiger partial charge is 0.485 e. The Hall–Kier alpha value is -1.39. The molecule has 106 valence electrons. The van der Waals surface area contributed by atoms with E-state index < -0.39 is 0 Å². The van der Waals surface area contributed by atoms with Crippen LogP contribution in [0, 0.1) is 19.7 Å². The highest BCUT2D eigenvalue weighted by Gasteiger charge is 2.30. The lowest BCUT2D eigenvalue weighted by Gasteiger charge is -2.32. The van der Waals surface area contributed by atoms with Crippen LogP contribution in [-0.4, -0.2) is 7.05 Å². The van der Waals surface area contributed by atoms with Crippen molar-refractivity contribution >= 4 is 11.3 Å². The first-order valence-electron chi connectivity index (χ1n) is 6.78. The van der Waals surface area contributed by atoms with Gasteiger partial charge < -0.3 is 10.1 Å². The molecule has 3 rings (SSSR count). The van der Waals surface area contributed by atoms with Crippen LogP contribution in [-0.2, 0) is 0 Å². The lowest BCUT2D eigenvalue weighted by Crippen LogP contribution is -2.27. The zero-order valence-electron chi connectivity index (χ0n) is 11.9. The molecule has 1 aliphatic heterocycles. The SMILES string of the molecule is CNC1CC(c2cc(C)sc2C)Oc2ccc(F)cc21. The monoisotopic (exact) mass is 291 g/mol. The van der Waals surface area contributed by atoms with Crippen LogP contribution in [0.25, 0.3) is 0 Å². The van der Waals surface area contributed by atoms with Gasteiger partial charge in [-0.1, -0.05) is 0 Å². The molecule has 0 bridgehead atoms. The molecular weight excluding hydrogens is 273 g/mol. The summed E-state index contributed by atoms with van der Waals surface area (Å²) in [6, 6.07) is 7.08. The van der Waals surface area contributed by atoms with E-state index in [1.54, 1.807) is 23.5 Å². The van der Waals surface area contributed by atoms with Gasteiger partial charge >= 0.3 is 0 Å². The number of fused-ring (bicyclic) bond motifs is 1. The van der Waals surface area contributed by atoms with Gasteiger partial charge in [-0.15, -0.1) is 11.3 Å². The molecule has 0 amide bonds. The zero-order valence-corrected chi connectivity index (χ0v) is 12.7. The molecule has 1 aliphatic rings. The third-order valence-electron chi connectivity index (χ3n) is 3.84. The van der Waals surface area contributed by atoms with E-state index in [0.717, 1.165) is 17.7 Å². The molecule has 0 saturated heterocycles. The molecule has 1 N–H and O–H groups in total. The molecule has 0 fully saturated rings. The van der Waals surface area contributed by atoms with Crippen molar-refractivity contribution < 1.29 is 9.13 Å². The van der Waals surface area contributed by atoms with Crippen LogP contribution in [0.15, 0.2) is 24.3 Å². The molecule has 1 aromatic carbocycles. The van der Waals surface area contributed by atoms with Crippen LogP contribution in [0.5, 0.6) is 5.75 Å². The molecule has 2 nitrogen and oxygen atoms in total. The van der Waals surface area contributed by atoms with Crippen LogP contribution in [0.2, 0.25) is 0 Å². The van der Waals surface area contributed by atoms with Crippen molar-refractivity contribution in [1.82, 2.24) is 5.32 Å². The third kappa shape index (κ3) is 2.34. The van der Waals surface area contributed by atoms with Crippen LogP contribution in [0.4, 0.5) is 4.39 Å². The van der Waals surface area contributed by atoms with Crippen LogP contribution in [0.3, 0.4) is 0 Å². The summed E-state index contributed by atoms with van der Waals surface area (Å²) < 4.78 is 19.5. The number of thiophene rings is 1. The Morgan fingerprint density at radius 2 is 2.05 bits per heavy atom. The average Bonchev–Trinajstić information content (AvgIpc) is 2.76. The summed E-state index contributed by atoms with van der Waals surface area (Å²) in [6.07, 6.45) is 0.861. The van der Waals surface area contributed by atoms with E-state index in [0.29, 0.717) is 0 Å². The van der Waals surface area contributed by atoms with Gasteiger partial charge in [-0.2, -0.15) is 0 Å². The van der Waals surface area contributed by atoms with Gasteiger partial charge in [0.25, 0.3) is 0 Å². The van der Waals surface area contributed by atoms with E-state index >= 15 is 0 Å². The minimum absolute atomic E-state index is 0.0374. The summed E-state index contributed by atoms with van der Waals surface area (Å²) in [7, 11) is 1.91. The molecule has 4 heteroatoms. The van der Waals surface area contributed by atoms with Gasteiger partial charge in [0.15, 0.2) is 0 Å². The standard InChI is InChI=1S/C16H18FNOS/c1-9-6-12(10(2)20-9)16-8-14(18-3)13-7-11(17)4-5-15(13)19-16/h4-7,14,16,18H,8H2,1-3H3.